The van der Waals surface area contributed by atoms with Gasteiger partial charge in [0.05, 0.1) is 12.7 Å². The molecule has 1 aromatic heterocycles. The molecule has 0 saturated carbocycles. The maximum Gasteiger partial charge on any atom is 0.379 e. The number of Topliss-reactive ketones (excluding diaryl/α,β-unsaturated/α-hetero) is 1. The van der Waals surface area contributed by atoms with Crippen LogP contribution in [0.15, 0.2) is 65.3 Å². The molecule has 0 aliphatic rings. The van der Waals surface area contributed by atoms with E-state index in [1.807, 2.05) is 6.92 Å². The molecule has 0 unspecified atom stereocenters. The van der Waals surface area contributed by atoms with Crippen LogP contribution in [0.4, 0.5) is 5.69 Å². The van der Waals surface area contributed by atoms with Crippen LogP contribution in [-0.4, -0.2) is 30.2 Å². The number of esters is 2. The van der Waals surface area contributed by atoms with Crippen molar-refractivity contribution in [3.8, 4) is 5.75 Å². The van der Waals surface area contributed by atoms with Gasteiger partial charge in [-0.25, -0.2) is 4.79 Å². The molecule has 0 atom stereocenters. The summed E-state index contributed by atoms with van der Waals surface area (Å²) in [6.45, 7) is 1.37. The molecule has 2 aromatic carbocycles. The van der Waals surface area contributed by atoms with Gasteiger partial charge < -0.3 is 19.2 Å². The van der Waals surface area contributed by atoms with Crippen molar-refractivity contribution in [2.45, 2.75) is 19.8 Å². The molecular weight excluding hydrogens is 450 g/mol. The SMILES string of the molecule is Cc1ccc(NC(=O)CCC(=O)OCC(=O)c2ccc(OC(=O)c3ccco3)cc2)cc1Cl. The van der Waals surface area contributed by atoms with Crippen LogP contribution in [0.3, 0.4) is 0 Å². The monoisotopic (exact) mass is 469 g/mol. The van der Waals surface area contributed by atoms with Gasteiger partial charge >= 0.3 is 11.9 Å². The molecule has 170 valence electrons. The van der Waals surface area contributed by atoms with Crippen molar-refractivity contribution in [3.05, 3.63) is 82.8 Å². The van der Waals surface area contributed by atoms with Crippen molar-refractivity contribution in [1.29, 1.82) is 0 Å². The third-order valence-corrected chi connectivity index (χ3v) is 4.89. The smallest absolute Gasteiger partial charge is 0.379 e. The summed E-state index contributed by atoms with van der Waals surface area (Å²) in [6, 6.07) is 13.9. The molecule has 0 bridgehead atoms. The van der Waals surface area contributed by atoms with E-state index in [1.165, 1.54) is 36.6 Å². The summed E-state index contributed by atoms with van der Waals surface area (Å²) >= 11 is 6.01. The fourth-order valence-corrected chi connectivity index (χ4v) is 2.85. The normalized spacial score (nSPS) is 10.4. The predicted molar refractivity (Wildman–Crippen MR) is 119 cm³/mol. The molecule has 0 aliphatic carbocycles. The summed E-state index contributed by atoms with van der Waals surface area (Å²) in [5.41, 5.74) is 1.68. The van der Waals surface area contributed by atoms with Gasteiger partial charge in [0.1, 0.15) is 5.75 Å². The first-order valence-electron chi connectivity index (χ1n) is 9.92. The third-order valence-electron chi connectivity index (χ3n) is 4.49. The van der Waals surface area contributed by atoms with E-state index < -0.39 is 24.3 Å². The van der Waals surface area contributed by atoms with Crippen LogP contribution in [-0.2, 0) is 14.3 Å². The Morgan fingerprint density at radius 1 is 1.00 bits per heavy atom. The first-order chi connectivity index (χ1) is 15.8. The van der Waals surface area contributed by atoms with E-state index in [1.54, 1.807) is 24.3 Å². The Hall–Kier alpha value is -3.91. The number of carbonyl (C=O) groups is 4. The average molecular weight is 470 g/mol. The molecule has 0 radical (unpaired) electrons. The van der Waals surface area contributed by atoms with Crippen LogP contribution in [0, 0.1) is 6.92 Å². The van der Waals surface area contributed by atoms with E-state index in [2.05, 4.69) is 5.32 Å². The van der Waals surface area contributed by atoms with Gasteiger partial charge in [-0.3, -0.25) is 14.4 Å². The van der Waals surface area contributed by atoms with Crippen LogP contribution in [0.2, 0.25) is 5.02 Å². The second-order valence-electron chi connectivity index (χ2n) is 6.99. The minimum Gasteiger partial charge on any atom is -0.457 e. The summed E-state index contributed by atoms with van der Waals surface area (Å²) in [4.78, 5) is 47.9. The molecule has 1 amide bonds. The van der Waals surface area contributed by atoms with E-state index in [0.717, 1.165) is 5.56 Å². The molecule has 0 aliphatic heterocycles. The molecule has 0 saturated heterocycles. The number of amides is 1. The lowest BCUT2D eigenvalue weighted by atomic mass is 10.1. The Labute approximate surface area is 194 Å². The zero-order valence-corrected chi connectivity index (χ0v) is 18.4. The largest absolute Gasteiger partial charge is 0.457 e. The van der Waals surface area contributed by atoms with Crippen molar-refractivity contribution in [1.82, 2.24) is 0 Å². The molecule has 8 nitrogen and oxygen atoms in total. The van der Waals surface area contributed by atoms with Gasteiger partial charge in [-0.2, -0.15) is 0 Å². The number of hydrogen-bond donors (Lipinski definition) is 1. The number of anilines is 1. The number of aryl methyl sites for hydroxylation is 1. The Bertz CT molecular complexity index is 1150. The van der Waals surface area contributed by atoms with E-state index in [4.69, 9.17) is 25.5 Å². The lowest BCUT2D eigenvalue weighted by molar-refractivity contribution is -0.143. The number of furan rings is 1. The highest BCUT2D eigenvalue weighted by Crippen LogP contribution is 2.20. The average Bonchev–Trinajstić information content (AvgIpc) is 3.34. The van der Waals surface area contributed by atoms with Gasteiger partial charge in [0.25, 0.3) is 0 Å². The fraction of sp³-hybridized carbons (Fsp3) is 0.167. The van der Waals surface area contributed by atoms with Gasteiger partial charge in [-0.15, -0.1) is 0 Å². The maximum atomic E-state index is 12.2. The summed E-state index contributed by atoms with van der Waals surface area (Å²) < 4.78 is 15.0. The highest BCUT2D eigenvalue weighted by atomic mass is 35.5. The fourth-order valence-electron chi connectivity index (χ4n) is 2.67. The zero-order chi connectivity index (χ0) is 23.8. The van der Waals surface area contributed by atoms with Gasteiger partial charge in [-0.1, -0.05) is 17.7 Å². The van der Waals surface area contributed by atoms with Gasteiger partial charge in [0.15, 0.2) is 12.4 Å². The van der Waals surface area contributed by atoms with Gasteiger partial charge in [0.2, 0.25) is 11.7 Å². The number of halogens is 1. The number of ether oxygens (including phenoxy) is 2. The highest BCUT2D eigenvalue weighted by Gasteiger charge is 2.14. The minimum absolute atomic E-state index is 0.0541. The standard InChI is InChI=1S/C24H20ClNO7/c1-15-4-7-17(13-19(15)25)26-22(28)10-11-23(29)32-14-20(27)16-5-8-18(9-6-16)33-24(30)21-3-2-12-31-21/h2-9,12-13H,10-11,14H2,1H3,(H,26,28). The minimum atomic E-state index is -0.676. The molecule has 0 spiro atoms. The first-order valence-corrected chi connectivity index (χ1v) is 10.3. The molecule has 3 aromatic rings. The molecule has 1 heterocycles. The van der Waals surface area contributed by atoms with Crippen LogP contribution in [0.25, 0.3) is 0 Å². The van der Waals surface area contributed by atoms with Crippen molar-refractivity contribution >= 4 is 40.9 Å². The van der Waals surface area contributed by atoms with Crippen molar-refractivity contribution < 1.29 is 33.1 Å². The summed E-state index contributed by atoms with van der Waals surface area (Å²) in [5.74, 6) is -1.87. The number of benzene rings is 2. The zero-order valence-electron chi connectivity index (χ0n) is 17.6. The van der Waals surface area contributed by atoms with Crippen LogP contribution in [0.1, 0.15) is 39.3 Å². The van der Waals surface area contributed by atoms with Gasteiger partial charge in [0, 0.05) is 22.7 Å². The summed E-state index contributed by atoms with van der Waals surface area (Å²) in [6.07, 6.45) is 1.07. The number of hydrogen-bond acceptors (Lipinski definition) is 7. The molecule has 3 rings (SSSR count). The van der Waals surface area contributed by atoms with Crippen molar-refractivity contribution in [2.75, 3.05) is 11.9 Å². The molecule has 0 fully saturated rings. The number of carbonyl (C=O) groups excluding carboxylic acids is 4. The quantitative estimate of drug-likeness (QED) is 0.277. The second-order valence-corrected chi connectivity index (χ2v) is 7.39. The number of nitrogens with one attached hydrogen (secondary N) is 1. The van der Waals surface area contributed by atoms with Gasteiger partial charge in [-0.05, 0) is 61.0 Å². The number of rotatable bonds is 9. The Balaban J connectivity index is 1.40. The summed E-state index contributed by atoms with van der Waals surface area (Å²) in [5, 5.41) is 3.17. The first kappa shape index (κ1) is 23.7. The molecule has 33 heavy (non-hydrogen) atoms. The predicted octanol–water partition coefficient (Wildman–Crippen LogP) is 4.61. The summed E-state index contributed by atoms with van der Waals surface area (Å²) in [7, 11) is 0. The third kappa shape index (κ3) is 7.05. The van der Waals surface area contributed by atoms with E-state index in [0.29, 0.717) is 10.7 Å². The topological polar surface area (TPSA) is 112 Å². The Kier molecular flexibility index (Phi) is 7.99. The van der Waals surface area contributed by atoms with E-state index in [-0.39, 0.29) is 35.8 Å². The van der Waals surface area contributed by atoms with Crippen molar-refractivity contribution in [2.24, 2.45) is 0 Å². The second kappa shape index (κ2) is 11.1. The maximum absolute atomic E-state index is 12.2. The molecule has 9 heteroatoms. The van der Waals surface area contributed by atoms with Crippen molar-refractivity contribution in [3.63, 3.8) is 0 Å². The van der Waals surface area contributed by atoms with Crippen LogP contribution in [0.5, 0.6) is 5.75 Å². The Morgan fingerprint density at radius 3 is 2.42 bits per heavy atom. The molecule has 1 N–H and O–H groups in total. The molecular formula is C24H20ClNO7. The van der Waals surface area contributed by atoms with E-state index >= 15 is 0 Å². The number of ketones is 1. The van der Waals surface area contributed by atoms with E-state index in [9.17, 15) is 19.2 Å². The lowest BCUT2D eigenvalue weighted by Crippen LogP contribution is -2.17. The van der Waals surface area contributed by atoms with Crippen LogP contribution >= 0.6 is 11.6 Å². The highest BCUT2D eigenvalue weighted by molar-refractivity contribution is 6.31. The Morgan fingerprint density at radius 2 is 1.76 bits per heavy atom. The lowest BCUT2D eigenvalue weighted by Gasteiger charge is -2.07. The van der Waals surface area contributed by atoms with Crippen LogP contribution < -0.4 is 10.1 Å².